The summed E-state index contributed by atoms with van der Waals surface area (Å²) in [6.45, 7) is 3.08. The molecule has 1 aliphatic heterocycles. The Balaban J connectivity index is 1.56. The number of oxazole rings is 1. The second-order valence-electron chi connectivity index (χ2n) is 6.17. The van der Waals surface area contributed by atoms with Crippen molar-refractivity contribution in [1.82, 2.24) is 9.88 Å². The number of ether oxygens (including phenoxy) is 1. The zero-order valence-corrected chi connectivity index (χ0v) is 14.3. The van der Waals surface area contributed by atoms with Gasteiger partial charge in [0.05, 0.1) is 0 Å². The first-order chi connectivity index (χ1) is 12.1. The van der Waals surface area contributed by atoms with Crippen LogP contribution in [0.1, 0.15) is 38.5 Å². The molecule has 0 saturated carbocycles. The third kappa shape index (κ3) is 4.47. The van der Waals surface area contributed by atoms with Crippen LogP contribution in [-0.4, -0.2) is 41.0 Å². The Morgan fingerprint density at radius 2 is 1.92 bits per heavy atom. The summed E-state index contributed by atoms with van der Waals surface area (Å²) in [5.41, 5.74) is 1.38. The number of esters is 1. The molecule has 132 valence electrons. The summed E-state index contributed by atoms with van der Waals surface area (Å²) in [5.74, 6) is -0.395. The maximum atomic E-state index is 12.4. The molecular formula is C19H22N2O4. The van der Waals surface area contributed by atoms with Crippen LogP contribution >= 0.6 is 0 Å². The van der Waals surface area contributed by atoms with Crippen molar-refractivity contribution >= 4 is 29.1 Å². The van der Waals surface area contributed by atoms with Gasteiger partial charge in [-0.3, -0.25) is 4.79 Å². The standard InChI is InChI=1S/C19H22N2O4/c1-14(19(23)21-12-6-2-3-7-13-21)24-18(22)11-10-17-20-15-8-4-5-9-16(15)25-17/h4-5,8-11,14H,2-3,6-7,12-13H2,1H3/b11-10+/t14-/m1/s1. The molecule has 0 N–H and O–H groups in total. The minimum absolute atomic E-state index is 0.134. The van der Waals surface area contributed by atoms with Gasteiger partial charge in [-0.15, -0.1) is 0 Å². The number of hydrogen-bond donors (Lipinski definition) is 0. The second kappa shape index (κ2) is 7.96. The van der Waals surface area contributed by atoms with Gasteiger partial charge < -0.3 is 14.1 Å². The number of fused-ring (bicyclic) bond motifs is 1. The molecule has 0 unspecified atom stereocenters. The minimum atomic E-state index is -0.793. The number of aromatic nitrogens is 1. The molecule has 0 aliphatic carbocycles. The van der Waals surface area contributed by atoms with Crippen molar-refractivity contribution in [2.45, 2.75) is 38.7 Å². The molecule has 2 aromatic rings. The summed E-state index contributed by atoms with van der Waals surface area (Å²) in [6.07, 6.45) is 6.19. The molecule has 1 aromatic carbocycles. The first kappa shape index (κ1) is 17.2. The fourth-order valence-electron chi connectivity index (χ4n) is 2.91. The molecule has 1 aromatic heterocycles. The SMILES string of the molecule is C[C@@H](OC(=O)/C=C/c1nc2ccccc2o1)C(=O)N1CCCCCC1. The quantitative estimate of drug-likeness (QED) is 0.630. The highest BCUT2D eigenvalue weighted by Gasteiger charge is 2.23. The third-order valence-electron chi connectivity index (χ3n) is 4.23. The molecule has 6 heteroatoms. The lowest BCUT2D eigenvalue weighted by molar-refractivity contribution is -0.155. The summed E-state index contributed by atoms with van der Waals surface area (Å²) in [4.78, 5) is 30.4. The van der Waals surface area contributed by atoms with Crippen LogP contribution in [0.4, 0.5) is 0 Å². The van der Waals surface area contributed by atoms with Gasteiger partial charge in [-0.2, -0.15) is 0 Å². The fourth-order valence-corrected chi connectivity index (χ4v) is 2.91. The van der Waals surface area contributed by atoms with Crippen LogP contribution in [0.15, 0.2) is 34.8 Å². The van der Waals surface area contributed by atoms with Gasteiger partial charge in [0.2, 0.25) is 5.89 Å². The van der Waals surface area contributed by atoms with Crippen LogP contribution < -0.4 is 0 Å². The van der Waals surface area contributed by atoms with E-state index >= 15 is 0 Å². The van der Waals surface area contributed by atoms with Crippen LogP contribution in [0.5, 0.6) is 0 Å². The zero-order chi connectivity index (χ0) is 17.6. The Hall–Kier alpha value is -2.63. The topological polar surface area (TPSA) is 72.6 Å². The molecule has 25 heavy (non-hydrogen) atoms. The van der Waals surface area contributed by atoms with Crippen molar-refractivity contribution in [1.29, 1.82) is 0 Å². The normalized spacial score (nSPS) is 16.8. The molecule has 1 aliphatic rings. The average molecular weight is 342 g/mol. The highest BCUT2D eigenvalue weighted by molar-refractivity contribution is 5.90. The predicted molar refractivity (Wildman–Crippen MR) is 93.6 cm³/mol. The molecule has 1 atom stereocenters. The highest BCUT2D eigenvalue weighted by Crippen LogP contribution is 2.16. The lowest BCUT2D eigenvalue weighted by Gasteiger charge is -2.23. The Morgan fingerprint density at radius 1 is 1.20 bits per heavy atom. The Kier molecular flexibility index (Phi) is 5.48. The molecule has 1 saturated heterocycles. The highest BCUT2D eigenvalue weighted by atomic mass is 16.5. The van der Waals surface area contributed by atoms with Crippen LogP contribution in [0.3, 0.4) is 0 Å². The second-order valence-corrected chi connectivity index (χ2v) is 6.17. The number of hydrogen-bond acceptors (Lipinski definition) is 5. The lowest BCUT2D eigenvalue weighted by Crippen LogP contribution is -2.40. The van der Waals surface area contributed by atoms with Gasteiger partial charge in [0, 0.05) is 25.2 Å². The summed E-state index contributed by atoms with van der Waals surface area (Å²) in [7, 11) is 0. The van der Waals surface area contributed by atoms with Gasteiger partial charge in [-0.1, -0.05) is 25.0 Å². The fraction of sp³-hybridized carbons (Fsp3) is 0.421. The van der Waals surface area contributed by atoms with Crippen molar-refractivity contribution in [3.8, 4) is 0 Å². The number of likely N-dealkylation sites (tertiary alicyclic amines) is 1. The lowest BCUT2D eigenvalue weighted by atomic mass is 10.2. The molecule has 1 amide bonds. The number of nitrogens with zero attached hydrogens (tertiary/aromatic N) is 2. The maximum Gasteiger partial charge on any atom is 0.331 e. The molecule has 0 radical (unpaired) electrons. The van der Waals surface area contributed by atoms with E-state index in [9.17, 15) is 9.59 Å². The predicted octanol–water partition coefficient (Wildman–Crippen LogP) is 3.18. The van der Waals surface area contributed by atoms with E-state index in [2.05, 4.69) is 4.98 Å². The smallest absolute Gasteiger partial charge is 0.331 e. The summed E-state index contributed by atoms with van der Waals surface area (Å²) in [5, 5.41) is 0. The number of para-hydroxylation sites is 2. The Bertz CT molecular complexity index is 740. The molecule has 1 fully saturated rings. The zero-order valence-electron chi connectivity index (χ0n) is 14.3. The maximum absolute atomic E-state index is 12.4. The van der Waals surface area contributed by atoms with E-state index in [0.29, 0.717) is 11.5 Å². The van der Waals surface area contributed by atoms with Gasteiger partial charge in [0.1, 0.15) is 5.52 Å². The number of amides is 1. The van der Waals surface area contributed by atoms with Crippen molar-refractivity contribution in [2.24, 2.45) is 0 Å². The first-order valence-electron chi connectivity index (χ1n) is 8.66. The van der Waals surface area contributed by atoms with E-state index in [4.69, 9.17) is 9.15 Å². The van der Waals surface area contributed by atoms with Crippen molar-refractivity contribution < 1.29 is 18.7 Å². The molecule has 0 bridgehead atoms. The molecule has 0 spiro atoms. The van der Waals surface area contributed by atoms with Crippen molar-refractivity contribution in [3.05, 3.63) is 36.2 Å². The van der Waals surface area contributed by atoms with Crippen molar-refractivity contribution in [3.63, 3.8) is 0 Å². The van der Waals surface area contributed by atoms with Crippen LogP contribution in [0, 0.1) is 0 Å². The summed E-state index contributed by atoms with van der Waals surface area (Å²) in [6, 6.07) is 7.35. The summed E-state index contributed by atoms with van der Waals surface area (Å²) < 4.78 is 10.7. The largest absolute Gasteiger partial charge is 0.449 e. The molecular weight excluding hydrogens is 320 g/mol. The molecule has 3 rings (SSSR count). The van der Waals surface area contributed by atoms with E-state index in [0.717, 1.165) is 44.3 Å². The monoisotopic (exact) mass is 342 g/mol. The van der Waals surface area contributed by atoms with Gasteiger partial charge >= 0.3 is 5.97 Å². The Morgan fingerprint density at radius 3 is 2.64 bits per heavy atom. The summed E-state index contributed by atoms with van der Waals surface area (Å²) >= 11 is 0. The van der Waals surface area contributed by atoms with E-state index in [1.54, 1.807) is 17.9 Å². The van der Waals surface area contributed by atoms with Gasteiger partial charge in [-0.25, -0.2) is 9.78 Å². The number of rotatable bonds is 4. The third-order valence-corrected chi connectivity index (χ3v) is 4.23. The average Bonchev–Trinajstić information content (AvgIpc) is 2.83. The van der Waals surface area contributed by atoms with E-state index in [1.165, 1.54) is 12.2 Å². The number of carbonyl (C=O) groups excluding carboxylic acids is 2. The number of carbonyl (C=O) groups is 2. The van der Waals surface area contributed by atoms with Gasteiger partial charge in [-0.05, 0) is 31.9 Å². The van der Waals surface area contributed by atoms with Gasteiger partial charge in [0.25, 0.3) is 5.91 Å². The van der Waals surface area contributed by atoms with Gasteiger partial charge in [0.15, 0.2) is 11.7 Å². The Labute approximate surface area is 146 Å². The molecule has 2 heterocycles. The van der Waals surface area contributed by atoms with Crippen LogP contribution in [-0.2, 0) is 14.3 Å². The van der Waals surface area contributed by atoms with Crippen LogP contribution in [0.2, 0.25) is 0 Å². The molecule has 6 nitrogen and oxygen atoms in total. The van der Waals surface area contributed by atoms with E-state index in [-0.39, 0.29) is 5.91 Å². The minimum Gasteiger partial charge on any atom is -0.449 e. The van der Waals surface area contributed by atoms with Crippen LogP contribution in [0.25, 0.3) is 17.2 Å². The van der Waals surface area contributed by atoms with E-state index < -0.39 is 12.1 Å². The van der Waals surface area contributed by atoms with E-state index in [1.807, 2.05) is 18.2 Å². The first-order valence-corrected chi connectivity index (χ1v) is 8.66. The number of benzene rings is 1. The van der Waals surface area contributed by atoms with Crippen molar-refractivity contribution in [2.75, 3.05) is 13.1 Å².